The molecule has 112 valence electrons. The molecule has 0 radical (unpaired) electrons. The molecular weight excluding hydrogens is 262 g/mol. The van der Waals surface area contributed by atoms with Crippen LogP contribution in [0.2, 0.25) is 0 Å². The van der Waals surface area contributed by atoms with Gasteiger partial charge in [0.25, 0.3) is 0 Å². The molecule has 1 aromatic carbocycles. The molecule has 0 saturated carbocycles. The molecule has 2 unspecified atom stereocenters. The number of likely N-dealkylation sites (tertiary alicyclic amines) is 1. The first-order valence-corrected chi connectivity index (χ1v) is 7.62. The van der Waals surface area contributed by atoms with Crippen molar-refractivity contribution in [1.82, 2.24) is 19.7 Å². The molecule has 2 atom stereocenters. The largest absolute Gasteiger partial charge is 0.382 e. The van der Waals surface area contributed by atoms with Gasteiger partial charge in [0.05, 0.1) is 5.69 Å². The zero-order valence-corrected chi connectivity index (χ0v) is 12.7. The van der Waals surface area contributed by atoms with Gasteiger partial charge >= 0.3 is 0 Å². The van der Waals surface area contributed by atoms with E-state index in [-0.39, 0.29) is 0 Å². The molecule has 1 aromatic heterocycles. The summed E-state index contributed by atoms with van der Waals surface area (Å²) in [4.78, 5) is 6.40. The summed E-state index contributed by atoms with van der Waals surface area (Å²) < 4.78 is 1.77. The van der Waals surface area contributed by atoms with Gasteiger partial charge in [0.2, 0.25) is 0 Å². The summed E-state index contributed by atoms with van der Waals surface area (Å²) in [5.41, 5.74) is 2.20. The average molecular weight is 285 g/mol. The van der Waals surface area contributed by atoms with Crippen LogP contribution < -0.4 is 5.32 Å². The first-order chi connectivity index (χ1) is 10.2. The number of benzene rings is 1. The number of anilines is 1. The lowest BCUT2D eigenvalue weighted by atomic mass is 9.92. The van der Waals surface area contributed by atoms with Gasteiger partial charge in [-0.1, -0.05) is 0 Å². The van der Waals surface area contributed by atoms with Crippen molar-refractivity contribution in [2.45, 2.75) is 25.8 Å². The number of rotatable bonds is 4. The molecule has 5 nitrogen and oxygen atoms in total. The second-order valence-electron chi connectivity index (χ2n) is 5.98. The van der Waals surface area contributed by atoms with Crippen LogP contribution in [-0.4, -0.2) is 45.8 Å². The van der Waals surface area contributed by atoms with Gasteiger partial charge in [0.1, 0.15) is 12.7 Å². The maximum atomic E-state index is 4.14. The van der Waals surface area contributed by atoms with Crippen LogP contribution in [0.15, 0.2) is 36.9 Å². The highest BCUT2D eigenvalue weighted by Gasteiger charge is 2.22. The highest BCUT2D eigenvalue weighted by Crippen LogP contribution is 2.22. The number of aromatic nitrogens is 3. The number of piperidine rings is 1. The topological polar surface area (TPSA) is 46.0 Å². The Morgan fingerprint density at radius 3 is 2.76 bits per heavy atom. The summed E-state index contributed by atoms with van der Waals surface area (Å²) in [6, 6.07) is 8.85. The fourth-order valence-corrected chi connectivity index (χ4v) is 3.05. The lowest BCUT2D eigenvalue weighted by molar-refractivity contribution is 0.197. The predicted octanol–water partition coefficient (Wildman–Crippen LogP) is 2.41. The first-order valence-electron chi connectivity index (χ1n) is 7.62. The Bertz CT molecular complexity index is 549. The van der Waals surface area contributed by atoms with Crippen molar-refractivity contribution in [1.29, 1.82) is 0 Å². The monoisotopic (exact) mass is 285 g/mol. The van der Waals surface area contributed by atoms with Crippen LogP contribution in [0.5, 0.6) is 0 Å². The molecule has 5 heteroatoms. The zero-order valence-electron chi connectivity index (χ0n) is 12.7. The smallest absolute Gasteiger partial charge is 0.138 e. The Hall–Kier alpha value is -1.88. The molecule has 2 heterocycles. The van der Waals surface area contributed by atoms with Crippen LogP contribution in [-0.2, 0) is 0 Å². The van der Waals surface area contributed by atoms with Crippen LogP contribution in [0.3, 0.4) is 0 Å². The second-order valence-corrected chi connectivity index (χ2v) is 5.98. The van der Waals surface area contributed by atoms with E-state index in [0.29, 0.717) is 6.04 Å². The van der Waals surface area contributed by atoms with E-state index in [0.717, 1.165) is 11.6 Å². The van der Waals surface area contributed by atoms with E-state index in [1.165, 1.54) is 31.6 Å². The van der Waals surface area contributed by atoms with E-state index in [1.807, 2.05) is 0 Å². The second kappa shape index (κ2) is 6.26. The molecule has 3 rings (SSSR count). The lowest BCUT2D eigenvalue weighted by Gasteiger charge is -2.34. The molecular formula is C16H23N5. The van der Waals surface area contributed by atoms with Crippen molar-refractivity contribution >= 4 is 5.69 Å². The van der Waals surface area contributed by atoms with Gasteiger partial charge in [-0.3, -0.25) is 0 Å². The Balaban J connectivity index is 1.62. The van der Waals surface area contributed by atoms with E-state index in [4.69, 9.17) is 0 Å². The van der Waals surface area contributed by atoms with E-state index in [9.17, 15) is 0 Å². The quantitative estimate of drug-likeness (QED) is 0.937. The average Bonchev–Trinajstić information content (AvgIpc) is 3.02. The standard InChI is InChI=1S/C16H23N5/c1-13(14-4-3-9-20(2)10-14)19-15-5-7-16(8-6-15)21-12-17-11-18-21/h5-8,11-14,19H,3-4,9-10H2,1-2H3. The number of nitrogens with zero attached hydrogens (tertiary/aromatic N) is 4. The van der Waals surface area contributed by atoms with Crippen molar-refractivity contribution in [3.8, 4) is 5.69 Å². The van der Waals surface area contributed by atoms with E-state index in [1.54, 1.807) is 17.3 Å². The van der Waals surface area contributed by atoms with E-state index in [2.05, 4.69) is 58.5 Å². The fourth-order valence-electron chi connectivity index (χ4n) is 3.05. The Morgan fingerprint density at radius 2 is 2.10 bits per heavy atom. The molecule has 1 saturated heterocycles. The molecule has 21 heavy (non-hydrogen) atoms. The molecule has 0 aliphatic carbocycles. The van der Waals surface area contributed by atoms with Gasteiger partial charge in [-0.05, 0) is 63.5 Å². The molecule has 0 bridgehead atoms. The number of nitrogens with one attached hydrogen (secondary N) is 1. The molecule has 0 amide bonds. The molecule has 1 aliphatic rings. The van der Waals surface area contributed by atoms with Crippen molar-refractivity contribution in [2.24, 2.45) is 5.92 Å². The van der Waals surface area contributed by atoms with Crippen molar-refractivity contribution in [2.75, 3.05) is 25.5 Å². The van der Waals surface area contributed by atoms with Crippen LogP contribution in [0.25, 0.3) is 5.69 Å². The third-order valence-electron chi connectivity index (χ3n) is 4.31. The van der Waals surface area contributed by atoms with Gasteiger partial charge in [-0.25, -0.2) is 9.67 Å². The normalized spacial score (nSPS) is 21.1. The Labute approximate surface area is 126 Å². The summed E-state index contributed by atoms with van der Waals surface area (Å²) in [6.45, 7) is 4.70. The minimum Gasteiger partial charge on any atom is -0.382 e. The third kappa shape index (κ3) is 3.42. The lowest BCUT2D eigenvalue weighted by Crippen LogP contribution is -2.39. The minimum absolute atomic E-state index is 0.491. The predicted molar refractivity (Wildman–Crippen MR) is 84.7 cm³/mol. The summed E-state index contributed by atoms with van der Waals surface area (Å²) in [7, 11) is 2.21. The van der Waals surface area contributed by atoms with Gasteiger partial charge in [0.15, 0.2) is 0 Å². The minimum atomic E-state index is 0.491. The van der Waals surface area contributed by atoms with E-state index < -0.39 is 0 Å². The van der Waals surface area contributed by atoms with Crippen molar-refractivity contribution in [3.05, 3.63) is 36.9 Å². The van der Waals surface area contributed by atoms with Gasteiger partial charge < -0.3 is 10.2 Å². The molecule has 0 spiro atoms. The summed E-state index contributed by atoms with van der Waals surface area (Å²) >= 11 is 0. The highest BCUT2D eigenvalue weighted by molar-refractivity contribution is 5.49. The maximum Gasteiger partial charge on any atom is 0.138 e. The fraction of sp³-hybridized carbons (Fsp3) is 0.500. The Morgan fingerprint density at radius 1 is 1.29 bits per heavy atom. The molecule has 2 aromatic rings. The summed E-state index contributed by atoms with van der Waals surface area (Å²) in [5, 5.41) is 7.77. The summed E-state index contributed by atoms with van der Waals surface area (Å²) in [6.07, 6.45) is 5.88. The van der Waals surface area contributed by atoms with Crippen molar-refractivity contribution in [3.63, 3.8) is 0 Å². The third-order valence-corrected chi connectivity index (χ3v) is 4.31. The highest BCUT2D eigenvalue weighted by atomic mass is 15.3. The summed E-state index contributed by atoms with van der Waals surface area (Å²) in [5.74, 6) is 0.721. The molecule has 1 N–H and O–H groups in total. The maximum absolute atomic E-state index is 4.14. The van der Waals surface area contributed by atoms with Gasteiger partial charge in [-0.2, -0.15) is 5.10 Å². The zero-order chi connectivity index (χ0) is 14.7. The van der Waals surface area contributed by atoms with Crippen LogP contribution in [0.1, 0.15) is 19.8 Å². The van der Waals surface area contributed by atoms with Crippen LogP contribution in [0.4, 0.5) is 5.69 Å². The van der Waals surface area contributed by atoms with Gasteiger partial charge in [0, 0.05) is 18.3 Å². The molecule has 1 aliphatic heterocycles. The molecule has 1 fully saturated rings. The number of hydrogen-bond donors (Lipinski definition) is 1. The number of hydrogen-bond acceptors (Lipinski definition) is 4. The SMILES string of the molecule is CC(Nc1ccc(-n2cncn2)cc1)C1CCCN(C)C1. The van der Waals surface area contributed by atoms with Gasteiger partial charge in [-0.15, -0.1) is 0 Å². The van der Waals surface area contributed by atoms with Crippen LogP contribution in [0, 0.1) is 5.92 Å². The van der Waals surface area contributed by atoms with E-state index >= 15 is 0 Å². The van der Waals surface area contributed by atoms with Crippen LogP contribution >= 0.6 is 0 Å². The first kappa shape index (κ1) is 14.1. The Kier molecular flexibility index (Phi) is 4.20. The van der Waals surface area contributed by atoms with Crippen molar-refractivity contribution < 1.29 is 0 Å².